The summed E-state index contributed by atoms with van der Waals surface area (Å²) in [6.45, 7) is 6.35. The predicted octanol–water partition coefficient (Wildman–Crippen LogP) is 3.54. The number of aromatic carboxylic acids is 2. The van der Waals surface area contributed by atoms with Crippen molar-refractivity contribution in [2.45, 2.75) is 38.3 Å². The van der Waals surface area contributed by atoms with Gasteiger partial charge in [-0.1, -0.05) is 18.2 Å². The zero-order chi connectivity index (χ0) is 19.7. The number of hydrogen-bond donors (Lipinski definition) is 4. The molecule has 2 aromatic rings. The van der Waals surface area contributed by atoms with Gasteiger partial charge in [0.05, 0.1) is 11.1 Å². The number of nitrogens with two attached hydrogens (primary N) is 1. The molecule has 2 rings (SSSR count). The molecule has 0 amide bonds. The van der Waals surface area contributed by atoms with Gasteiger partial charge in [0.2, 0.25) is 0 Å². The van der Waals surface area contributed by atoms with E-state index in [1.54, 1.807) is 11.9 Å². The Bertz CT molecular complexity index is 713. The Morgan fingerprint density at radius 3 is 1.92 bits per heavy atom. The molecule has 140 valence electrons. The molecule has 0 saturated carbocycles. The van der Waals surface area contributed by atoms with Gasteiger partial charge in [-0.05, 0) is 68.1 Å². The van der Waals surface area contributed by atoms with E-state index < -0.39 is 11.9 Å². The lowest BCUT2D eigenvalue weighted by Crippen LogP contribution is -2.13. The first-order valence-electron chi connectivity index (χ1n) is 8.03. The quantitative estimate of drug-likeness (QED) is 0.570. The molecule has 6 nitrogen and oxygen atoms in total. The first kappa shape index (κ1) is 21.7. The lowest BCUT2D eigenvalue weighted by molar-refractivity contribution is 0.0696. The number of nitrogens with one attached hydrogen (secondary N) is 1. The molecule has 5 N–H and O–H groups in total. The van der Waals surface area contributed by atoms with Gasteiger partial charge >= 0.3 is 11.9 Å². The molecular formula is C19H24N2O4S. The third-order valence-electron chi connectivity index (χ3n) is 3.37. The highest BCUT2D eigenvalue weighted by molar-refractivity contribution is 7.97. The molecule has 0 atom stereocenters. The highest BCUT2D eigenvalue weighted by Gasteiger charge is 2.13. The number of carboxylic acids is 2. The molecule has 0 saturated heterocycles. The molecule has 0 spiro atoms. The van der Waals surface area contributed by atoms with Crippen LogP contribution in [0.4, 0.5) is 0 Å². The fourth-order valence-electron chi connectivity index (χ4n) is 1.98. The molecule has 0 aliphatic carbocycles. The topological polar surface area (TPSA) is 113 Å². The summed E-state index contributed by atoms with van der Waals surface area (Å²) in [5.74, 6) is -2.22. The lowest BCUT2D eigenvalue weighted by Gasteiger charge is -2.06. The van der Waals surface area contributed by atoms with Crippen molar-refractivity contribution in [3.8, 4) is 0 Å². The van der Waals surface area contributed by atoms with Crippen LogP contribution in [0.3, 0.4) is 0 Å². The second kappa shape index (κ2) is 10.6. The minimum absolute atomic E-state index is 0.0277. The van der Waals surface area contributed by atoms with Crippen LogP contribution in [0, 0.1) is 6.92 Å². The molecule has 7 heteroatoms. The van der Waals surface area contributed by atoms with Gasteiger partial charge in [-0.25, -0.2) is 9.59 Å². The summed E-state index contributed by atoms with van der Waals surface area (Å²) < 4.78 is 3.28. The van der Waals surface area contributed by atoms with Gasteiger partial charge in [0.15, 0.2) is 0 Å². The Morgan fingerprint density at radius 2 is 1.54 bits per heavy atom. The van der Waals surface area contributed by atoms with Crippen molar-refractivity contribution in [1.29, 1.82) is 0 Å². The number of carbonyl (C=O) groups is 2. The first-order valence-corrected chi connectivity index (χ1v) is 8.85. The van der Waals surface area contributed by atoms with E-state index in [-0.39, 0.29) is 16.7 Å². The van der Waals surface area contributed by atoms with E-state index in [0.717, 1.165) is 0 Å². The SMILES string of the molecule is CC(C)NSc1ccc(CN)cc1.Cc1c(C(=O)O)cccc1C(=O)O. The third-order valence-corrected chi connectivity index (χ3v) is 4.46. The maximum Gasteiger partial charge on any atom is 0.335 e. The molecule has 0 fully saturated rings. The molecule has 2 aromatic carbocycles. The van der Waals surface area contributed by atoms with Crippen LogP contribution in [0.25, 0.3) is 0 Å². The van der Waals surface area contributed by atoms with E-state index in [1.807, 2.05) is 0 Å². The number of benzene rings is 2. The molecule has 0 unspecified atom stereocenters. The normalized spacial score (nSPS) is 10.2. The Kier molecular flexibility index (Phi) is 8.84. The fourth-order valence-corrected chi connectivity index (χ4v) is 2.62. The zero-order valence-electron chi connectivity index (χ0n) is 15.0. The average Bonchev–Trinajstić information content (AvgIpc) is 2.60. The van der Waals surface area contributed by atoms with Crippen LogP contribution in [0.15, 0.2) is 47.4 Å². The minimum Gasteiger partial charge on any atom is -0.478 e. The molecule has 0 aliphatic rings. The van der Waals surface area contributed by atoms with E-state index >= 15 is 0 Å². The monoisotopic (exact) mass is 376 g/mol. The number of carboxylic acid groups (broad SMARTS) is 2. The average molecular weight is 376 g/mol. The Hall–Kier alpha value is -2.35. The Labute approximate surface area is 157 Å². The molecule has 0 aliphatic heterocycles. The van der Waals surface area contributed by atoms with Crippen molar-refractivity contribution in [1.82, 2.24) is 4.72 Å². The van der Waals surface area contributed by atoms with E-state index in [0.29, 0.717) is 12.6 Å². The first-order chi connectivity index (χ1) is 12.3. The van der Waals surface area contributed by atoms with Crippen LogP contribution in [0.1, 0.15) is 45.7 Å². The minimum atomic E-state index is -1.11. The lowest BCUT2D eigenvalue weighted by atomic mass is 10.0. The summed E-state index contributed by atoms with van der Waals surface area (Å²) in [5.41, 5.74) is 7.01. The summed E-state index contributed by atoms with van der Waals surface area (Å²) in [4.78, 5) is 22.4. The highest BCUT2D eigenvalue weighted by Crippen LogP contribution is 2.15. The van der Waals surface area contributed by atoms with E-state index in [4.69, 9.17) is 15.9 Å². The van der Waals surface area contributed by atoms with Crippen molar-refractivity contribution in [2.24, 2.45) is 5.73 Å². The van der Waals surface area contributed by atoms with E-state index in [1.165, 1.54) is 35.6 Å². The van der Waals surface area contributed by atoms with Gasteiger partial charge in [0, 0.05) is 17.5 Å². The van der Waals surface area contributed by atoms with Gasteiger partial charge in [-0.3, -0.25) is 4.72 Å². The van der Waals surface area contributed by atoms with Gasteiger partial charge < -0.3 is 15.9 Å². The van der Waals surface area contributed by atoms with Gasteiger partial charge in [0.1, 0.15) is 0 Å². The number of hydrogen-bond acceptors (Lipinski definition) is 5. The van der Waals surface area contributed by atoms with Crippen LogP contribution in [0.2, 0.25) is 0 Å². The maximum absolute atomic E-state index is 10.6. The van der Waals surface area contributed by atoms with Crippen LogP contribution in [-0.2, 0) is 6.54 Å². The second-order valence-electron chi connectivity index (χ2n) is 5.81. The fraction of sp³-hybridized carbons (Fsp3) is 0.263. The van der Waals surface area contributed by atoms with Crippen molar-refractivity contribution in [3.05, 3.63) is 64.7 Å². The maximum atomic E-state index is 10.6. The van der Waals surface area contributed by atoms with Crippen molar-refractivity contribution < 1.29 is 19.8 Å². The second-order valence-corrected chi connectivity index (χ2v) is 6.72. The molecule has 26 heavy (non-hydrogen) atoms. The van der Waals surface area contributed by atoms with Gasteiger partial charge in [0.25, 0.3) is 0 Å². The van der Waals surface area contributed by atoms with Crippen LogP contribution >= 0.6 is 11.9 Å². The van der Waals surface area contributed by atoms with Crippen molar-refractivity contribution in [3.63, 3.8) is 0 Å². The van der Waals surface area contributed by atoms with Crippen LogP contribution < -0.4 is 10.5 Å². The van der Waals surface area contributed by atoms with E-state index in [9.17, 15) is 9.59 Å². The van der Waals surface area contributed by atoms with Crippen molar-refractivity contribution >= 4 is 23.9 Å². The smallest absolute Gasteiger partial charge is 0.335 e. The number of rotatable bonds is 6. The van der Waals surface area contributed by atoms with Gasteiger partial charge in [-0.2, -0.15) is 0 Å². The Balaban J connectivity index is 0.000000260. The summed E-state index contributed by atoms with van der Waals surface area (Å²) >= 11 is 1.66. The van der Waals surface area contributed by atoms with Crippen LogP contribution in [-0.4, -0.2) is 28.2 Å². The Morgan fingerprint density at radius 1 is 1.04 bits per heavy atom. The van der Waals surface area contributed by atoms with Gasteiger partial charge in [-0.15, -0.1) is 0 Å². The largest absolute Gasteiger partial charge is 0.478 e. The highest BCUT2D eigenvalue weighted by atomic mass is 32.2. The molecule has 0 heterocycles. The summed E-state index contributed by atoms with van der Waals surface area (Å²) in [5, 5.41) is 17.4. The zero-order valence-corrected chi connectivity index (χ0v) is 15.8. The summed E-state index contributed by atoms with van der Waals surface area (Å²) in [7, 11) is 0. The standard InChI is InChI=1S/C10H16N2S.C9H8O4/c1-8(2)12-13-10-5-3-9(7-11)4-6-10;1-5-6(8(10)11)3-2-4-7(5)9(12)13/h3-6,8,12H,7,11H2,1-2H3;2-4H,1H3,(H,10,11)(H,12,13). The third kappa shape index (κ3) is 6.87. The molecule has 0 bridgehead atoms. The summed E-state index contributed by atoms with van der Waals surface area (Å²) in [6.07, 6.45) is 0. The van der Waals surface area contributed by atoms with Crippen molar-refractivity contribution in [2.75, 3.05) is 0 Å². The van der Waals surface area contributed by atoms with E-state index in [2.05, 4.69) is 42.8 Å². The molecule has 0 aromatic heterocycles. The predicted molar refractivity (Wildman–Crippen MR) is 104 cm³/mol. The summed E-state index contributed by atoms with van der Waals surface area (Å²) in [6, 6.07) is 13.0. The molecule has 0 radical (unpaired) electrons. The van der Waals surface area contributed by atoms with Crippen LogP contribution in [0.5, 0.6) is 0 Å². The molecular weight excluding hydrogens is 352 g/mol.